The van der Waals surface area contributed by atoms with E-state index in [1.165, 1.54) is 6.20 Å². The second-order valence-corrected chi connectivity index (χ2v) is 5.41. The van der Waals surface area contributed by atoms with Crippen molar-refractivity contribution in [1.82, 2.24) is 10.3 Å². The van der Waals surface area contributed by atoms with Gasteiger partial charge in [0, 0.05) is 26.3 Å². The Balaban J connectivity index is 1.98. The number of nitrogens with one attached hydrogen (secondary N) is 2. The minimum atomic E-state index is -0.966. The Kier molecular flexibility index (Phi) is 6.91. The number of anilines is 1. The SMILES string of the molecule is COCCNC(=O)c1ccc(N[C@@H](Cc2ccccc2)C(=O)O)nc1. The largest absolute Gasteiger partial charge is 0.480 e. The van der Waals surface area contributed by atoms with Gasteiger partial charge in [-0.15, -0.1) is 0 Å². The van der Waals surface area contributed by atoms with Gasteiger partial charge in [-0.3, -0.25) is 4.79 Å². The summed E-state index contributed by atoms with van der Waals surface area (Å²) in [5.41, 5.74) is 1.31. The standard InChI is InChI=1S/C18H21N3O4/c1-25-10-9-19-17(22)14-7-8-16(20-12-14)21-15(18(23)24)11-13-5-3-2-4-6-13/h2-8,12,15H,9-11H2,1H3,(H,19,22)(H,20,21)(H,23,24)/t15-/m0/s1. The molecule has 1 atom stereocenters. The molecule has 0 bridgehead atoms. The third-order valence-corrected chi connectivity index (χ3v) is 3.52. The summed E-state index contributed by atoms with van der Waals surface area (Å²) in [6.07, 6.45) is 1.74. The number of hydrogen-bond acceptors (Lipinski definition) is 5. The molecule has 0 fully saturated rings. The zero-order chi connectivity index (χ0) is 18.1. The number of pyridine rings is 1. The Morgan fingerprint density at radius 2 is 1.96 bits per heavy atom. The maximum Gasteiger partial charge on any atom is 0.326 e. The highest BCUT2D eigenvalue weighted by molar-refractivity contribution is 5.94. The highest BCUT2D eigenvalue weighted by Crippen LogP contribution is 2.11. The van der Waals surface area contributed by atoms with Crippen molar-refractivity contribution in [1.29, 1.82) is 0 Å². The number of carbonyl (C=O) groups excluding carboxylic acids is 1. The molecule has 0 aliphatic carbocycles. The van der Waals surface area contributed by atoms with Crippen molar-refractivity contribution in [3.63, 3.8) is 0 Å². The molecular weight excluding hydrogens is 322 g/mol. The number of carboxylic acid groups (broad SMARTS) is 1. The molecule has 1 heterocycles. The summed E-state index contributed by atoms with van der Waals surface area (Å²) in [5, 5.41) is 15.0. The number of rotatable bonds is 9. The summed E-state index contributed by atoms with van der Waals surface area (Å²) in [6, 6.07) is 11.7. The minimum Gasteiger partial charge on any atom is -0.480 e. The maximum absolute atomic E-state index is 11.9. The first-order chi connectivity index (χ1) is 12.1. The Bertz CT molecular complexity index is 689. The summed E-state index contributed by atoms with van der Waals surface area (Å²) >= 11 is 0. The number of methoxy groups -OCH3 is 1. The van der Waals surface area contributed by atoms with Gasteiger partial charge in [0.1, 0.15) is 11.9 Å². The van der Waals surface area contributed by atoms with Crippen LogP contribution in [0, 0.1) is 0 Å². The number of amides is 1. The highest BCUT2D eigenvalue weighted by atomic mass is 16.5. The molecule has 3 N–H and O–H groups in total. The molecule has 132 valence electrons. The average molecular weight is 343 g/mol. The lowest BCUT2D eigenvalue weighted by molar-refractivity contribution is -0.137. The maximum atomic E-state index is 11.9. The van der Waals surface area contributed by atoms with E-state index in [0.717, 1.165) is 5.56 Å². The number of ether oxygens (including phenoxy) is 1. The van der Waals surface area contributed by atoms with E-state index in [1.807, 2.05) is 30.3 Å². The third kappa shape index (κ3) is 5.89. The molecule has 25 heavy (non-hydrogen) atoms. The molecule has 2 rings (SSSR count). The quantitative estimate of drug-likeness (QED) is 0.598. The normalized spacial score (nSPS) is 11.6. The lowest BCUT2D eigenvalue weighted by Crippen LogP contribution is -2.32. The molecule has 7 heteroatoms. The van der Waals surface area contributed by atoms with Crippen LogP contribution in [-0.4, -0.2) is 48.3 Å². The minimum absolute atomic E-state index is 0.254. The zero-order valence-electron chi connectivity index (χ0n) is 13.9. The van der Waals surface area contributed by atoms with Crippen molar-refractivity contribution in [3.8, 4) is 0 Å². The number of nitrogens with zero attached hydrogens (tertiary/aromatic N) is 1. The molecule has 0 aliphatic heterocycles. The van der Waals surface area contributed by atoms with Crippen LogP contribution in [-0.2, 0) is 16.0 Å². The van der Waals surface area contributed by atoms with E-state index in [-0.39, 0.29) is 5.91 Å². The fraction of sp³-hybridized carbons (Fsp3) is 0.278. The molecule has 1 aromatic carbocycles. The summed E-state index contributed by atoms with van der Waals surface area (Å²) < 4.78 is 4.87. The second-order valence-electron chi connectivity index (χ2n) is 5.41. The van der Waals surface area contributed by atoms with Gasteiger partial charge in [0.2, 0.25) is 0 Å². The van der Waals surface area contributed by atoms with Crippen LogP contribution in [0.2, 0.25) is 0 Å². The number of carbonyl (C=O) groups is 2. The van der Waals surface area contributed by atoms with E-state index in [9.17, 15) is 14.7 Å². The van der Waals surface area contributed by atoms with Crippen LogP contribution in [0.15, 0.2) is 48.7 Å². The molecule has 0 unspecified atom stereocenters. The van der Waals surface area contributed by atoms with E-state index >= 15 is 0 Å². The molecule has 0 saturated carbocycles. The average Bonchev–Trinajstić information content (AvgIpc) is 2.62. The van der Waals surface area contributed by atoms with Gasteiger partial charge >= 0.3 is 5.97 Å². The summed E-state index contributed by atoms with van der Waals surface area (Å²) in [6.45, 7) is 0.839. The van der Waals surface area contributed by atoms with Gasteiger partial charge in [-0.1, -0.05) is 30.3 Å². The zero-order valence-corrected chi connectivity index (χ0v) is 13.9. The Labute approximate surface area is 146 Å². The van der Waals surface area contributed by atoms with Crippen LogP contribution >= 0.6 is 0 Å². The molecule has 0 saturated heterocycles. The summed E-state index contributed by atoms with van der Waals surface area (Å²) in [7, 11) is 1.56. The Morgan fingerprint density at radius 3 is 2.56 bits per heavy atom. The van der Waals surface area contributed by atoms with Gasteiger partial charge in [-0.05, 0) is 17.7 Å². The van der Waals surface area contributed by atoms with Crippen LogP contribution in [0.3, 0.4) is 0 Å². The van der Waals surface area contributed by atoms with E-state index in [0.29, 0.717) is 31.0 Å². The molecule has 2 aromatic rings. The van der Waals surface area contributed by atoms with E-state index in [1.54, 1.807) is 19.2 Å². The van der Waals surface area contributed by atoms with Crippen LogP contribution in [0.25, 0.3) is 0 Å². The van der Waals surface area contributed by atoms with Crippen molar-refractivity contribution < 1.29 is 19.4 Å². The monoisotopic (exact) mass is 343 g/mol. The number of carboxylic acids is 1. The van der Waals surface area contributed by atoms with Gasteiger partial charge in [-0.2, -0.15) is 0 Å². The fourth-order valence-corrected chi connectivity index (χ4v) is 2.21. The van der Waals surface area contributed by atoms with Gasteiger partial charge in [0.25, 0.3) is 5.91 Å². The van der Waals surface area contributed by atoms with Crippen LogP contribution in [0.4, 0.5) is 5.82 Å². The predicted octanol–water partition coefficient (Wildman–Crippen LogP) is 1.57. The van der Waals surface area contributed by atoms with Crippen LogP contribution in [0.5, 0.6) is 0 Å². The first-order valence-corrected chi connectivity index (χ1v) is 7.86. The molecule has 0 spiro atoms. The van der Waals surface area contributed by atoms with Crippen molar-refractivity contribution in [2.75, 3.05) is 25.6 Å². The summed E-state index contributed by atoms with van der Waals surface area (Å²) in [4.78, 5) is 27.5. The summed E-state index contributed by atoms with van der Waals surface area (Å²) in [5.74, 6) is -0.820. The molecule has 7 nitrogen and oxygen atoms in total. The van der Waals surface area contributed by atoms with Crippen molar-refractivity contribution in [2.45, 2.75) is 12.5 Å². The van der Waals surface area contributed by atoms with Crippen LogP contribution in [0.1, 0.15) is 15.9 Å². The highest BCUT2D eigenvalue weighted by Gasteiger charge is 2.18. The molecule has 0 aliphatic rings. The van der Waals surface area contributed by atoms with Gasteiger partial charge in [-0.25, -0.2) is 9.78 Å². The van der Waals surface area contributed by atoms with Crippen molar-refractivity contribution in [3.05, 3.63) is 59.8 Å². The number of hydrogen-bond donors (Lipinski definition) is 3. The number of aromatic nitrogens is 1. The van der Waals surface area contributed by atoms with Crippen molar-refractivity contribution in [2.24, 2.45) is 0 Å². The van der Waals surface area contributed by atoms with Gasteiger partial charge in [0.05, 0.1) is 12.2 Å². The number of aliphatic carboxylic acids is 1. The van der Waals surface area contributed by atoms with Gasteiger partial charge in [0.15, 0.2) is 0 Å². The topological polar surface area (TPSA) is 101 Å². The molecule has 0 radical (unpaired) electrons. The first-order valence-electron chi connectivity index (χ1n) is 7.86. The predicted molar refractivity (Wildman–Crippen MR) is 93.6 cm³/mol. The van der Waals surface area contributed by atoms with E-state index in [2.05, 4.69) is 15.6 Å². The van der Waals surface area contributed by atoms with E-state index < -0.39 is 12.0 Å². The third-order valence-electron chi connectivity index (χ3n) is 3.52. The van der Waals surface area contributed by atoms with E-state index in [4.69, 9.17) is 4.74 Å². The fourth-order valence-electron chi connectivity index (χ4n) is 2.21. The number of benzene rings is 1. The lowest BCUT2D eigenvalue weighted by Gasteiger charge is -2.15. The molecular formula is C18H21N3O4. The molecule has 1 aromatic heterocycles. The van der Waals surface area contributed by atoms with Gasteiger partial charge < -0.3 is 20.5 Å². The smallest absolute Gasteiger partial charge is 0.326 e. The Morgan fingerprint density at radius 1 is 1.20 bits per heavy atom. The van der Waals surface area contributed by atoms with Crippen molar-refractivity contribution >= 4 is 17.7 Å². The van der Waals surface area contributed by atoms with Crippen LogP contribution < -0.4 is 10.6 Å². The lowest BCUT2D eigenvalue weighted by atomic mass is 10.1. The second kappa shape index (κ2) is 9.39. The molecule has 1 amide bonds. The first kappa shape index (κ1) is 18.4. The Hall–Kier alpha value is -2.93.